The number of carbonyl (C=O) groups is 1. The maximum Gasteiger partial charge on any atom is 0.410 e. The molecule has 0 N–H and O–H groups in total. The number of pyridine rings is 1. The third-order valence-electron chi connectivity index (χ3n) is 7.93. The molecule has 1 saturated heterocycles. The first-order valence-corrected chi connectivity index (χ1v) is 17.4. The lowest BCUT2D eigenvalue weighted by atomic mass is 9.98. The molecule has 0 bridgehead atoms. The molecule has 5 rings (SSSR count). The highest BCUT2D eigenvalue weighted by Gasteiger charge is 2.41. The van der Waals surface area contributed by atoms with Crippen LogP contribution in [0.2, 0.25) is 5.02 Å². The summed E-state index contributed by atoms with van der Waals surface area (Å²) < 4.78 is 54.9. The smallest absolute Gasteiger partial charge is 0.410 e. The number of rotatable bonds is 5. The Hall–Kier alpha value is -3.74. The second-order valence-electron chi connectivity index (χ2n) is 13.6. The van der Waals surface area contributed by atoms with Gasteiger partial charge in [0.1, 0.15) is 11.4 Å². The van der Waals surface area contributed by atoms with Gasteiger partial charge in [0, 0.05) is 37.8 Å². The van der Waals surface area contributed by atoms with Crippen LogP contribution in [-0.2, 0) is 21.5 Å². The predicted octanol–water partition coefficient (Wildman–Crippen LogP) is 6.81. The standard InChI is InChI=1S/C34H42ClFN6O4S/c1-21(2)25-17-23(20-39(7)8)13-14-29(25)42-31-26(18-27(35)30(37-31)24-11-9-10-12-28(24)36)32(38-47(42,44)45)41-16-15-40(19-22(41)3)33(43)46-34(4,5)6/h9-14,17-18,21-22H,15-16,19-20H2,1-8H3/t22-/m0/s1. The molecule has 252 valence electrons. The number of fused-ring (bicyclic) bond motifs is 1. The number of anilines is 2. The Balaban J connectivity index is 1.67. The Labute approximate surface area is 282 Å². The van der Waals surface area contributed by atoms with E-state index in [1.165, 1.54) is 6.07 Å². The lowest BCUT2D eigenvalue weighted by molar-refractivity contribution is 0.0134. The molecule has 0 radical (unpaired) electrons. The van der Waals surface area contributed by atoms with Gasteiger partial charge in [0.15, 0.2) is 11.7 Å². The summed E-state index contributed by atoms with van der Waals surface area (Å²) in [6, 6.07) is 13.0. The van der Waals surface area contributed by atoms with Crippen molar-refractivity contribution in [1.29, 1.82) is 0 Å². The van der Waals surface area contributed by atoms with Crippen LogP contribution in [0.25, 0.3) is 11.3 Å². The van der Waals surface area contributed by atoms with E-state index in [1.807, 2.05) is 77.6 Å². The summed E-state index contributed by atoms with van der Waals surface area (Å²) in [6.45, 7) is 12.8. The van der Waals surface area contributed by atoms with E-state index in [1.54, 1.807) is 35.2 Å². The summed E-state index contributed by atoms with van der Waals surface area (Å²) in [5.41, 5.74) is 2.21. The van der Waals surface area contributed by atoms with Crippen molar-refractivity contribution in [3.05, 3.63) is 76.1 Å². The fourth-order valence-corrected chi connectivity index (χ4v) is 7.40. The molecular weight excluding hydrogens is 643 g/mol. The third-order valence-corrected chi connectivity index (χ3v) is 9.46. The fourth-order valence-electron chi connectivity index (χ4n) is 5.87. The predicted molar refractivity (Wildman–Crippen MR) is 184 cm³/mol. The molecule has 0 unspecified atom stereocenters. The molecule has 2 aliphatic rings. The number of halogens is 2. The Morgan fingerprint density at radius 1 is 1.11 bits per heavy atom. The van der Waals surface area contributed by atoms with E-state index in [4.69, 9.17) is 21.3 Å². The van der Waals surface area contributed by atoms with Crippen LogP contribution in [0.1, 0.15) is 64.2 Å². The average Bonchev–Trinajstić information content (AvgIpc) is 2.96. The minimum Gasteiger partial charge on any atom is -0.444 e. The van der Waals surface area contributed by atoms with Gasteiger partial charge in [0.05, 0.1) is 22.0 Å². The number of piperazine rings is 1. The van der Waals surface area contributed by atoms with E-state index in [-0.39, 0.29) is 59.5 Å². The van der Waals surface area contributed by atoms with Gasteiger partial charge in [-0.3, -0.25) is 0 Å². The van der Waals surface area contributed by atoms with Gasteiger partial charge < -0.3 is 19.4 Å². The molecule has 2 aliphatic heterocycles. The number of ether oxygens (including phenoxy) is 1. The second kappa shape index (κ2) is 13.0. The van der Waals surface area contributed by atoms with E-state index in [0.29, 0.717) is 17.8 Å². The molecule has 0 aliphatic carbocycles. The Morgan fingerprint density at radius 3 is 2.43 bits per heavy atom. The highest BCUT2D eigenvalue weighted by atomic mass is 35.5. The molecule has 1 atom stereocenters. The molecule has 0 spiro atoms. The van der Waals surface area contributed by atoms with Gasteiger partial charge in [-0.2, -0.15) is 8.42 Å². The first-order chi connectivity index (χ1) is 22.0. The summed E-state index contributed by atoms with van der Waals surface area (Å²) in [4.78, 5) is 23.1. The number of nitrogens with zero attached hydrogens (tertiary/aromatic N) is 6. The first-order valence-electron chi connectivity index (χ1n) is 15.6. The lowest BCUT2D eigenvalue weighted by Crippen LogP contribution is -2.57. The molecule has 1 aromatic heterocycles. The van der Waals surface area contributed by atoms with Crippen molar-refractivity contribution in [1.82, 2.24) is 19.7 Å². The topological polar surface area (TPSA) is 98.7 Å². The third kappa shape index (κ3) is 7.24. The van der Waals surface area contributed by atoms with Gasteiger partial charge in [-0.05, 0) is 83.1 Å². The summed E-state index contributed by atoms with van der Waals surface area (Å²) in [6.07, 6.45) is -0.438. The lowest BCUT2D eigenvalue weighted by Gasteiger charge is -2.43. The largest absolute Gasteiger partial charge is 0.444 e. The van der Waals surface area contributed by atoms with E-state index >= 15 is 4.39 Å². The number of carbonyl (C=O) groups excluding carboxylic acids is 1. The molecular formula is C34H42ClFN6O4S. The molecule has 47 heavy (non-hydrogen) atoms. The molecule has 3 aromatic rings. The number of aromatic nitrogens is 1. The van der Waals surface area contributed by atoms with E-state index in [0.717, 1.165) is 15.4 Å². The van der Waals surface area contributed by atoms with Crippen molar-refractivity contribution in [2.45, 2.75) is 65.6 Å². The molecule has 1 fully saturated rings. The van der Waals surface area contributed by atoms with Crippen LogP contribution < -0.4 is 4.31 Å². The van der Waals surface area contributed by atoms with Gasteiger partial charge in [-0.1, -0.05) is 49.7 Å². The van der Waals surface area contributed by atoms with Gasteiger partial charge >= 0.3 is 16.3 Å². The van der Waals surface area contributed by atoms with Gasteiger partial charge in [0.25, 0.3) is 0 Å². The van der Waals surface area contributed by atoms with Crippen LogP contribution in [0.15, 0.2) is 52.9 Å². The van der Waals surface area contributed by atoms with Crippen LogP contribution >= 0.6 is 11.6 Å². The fraction of sp³-hybridized carbons (Fsp3) is 0.441. The highest BCUT2D eigenvalue weighted by molar-refractivity contribution is 7.92. The Bertz CT molecular complexity index is 1830. The summed E-state index contributed by atoms with van der Waals surface area (Å²) in [5.74, 6) is -0.349. The molecule has 13 heteroatoms. The number of amidine groups is 1. The van der Waals surface area contributed by atoms with E-state index in [9.17, 15) is 13.2 Å². The minimum absolute atomic E-state index is 0.0459. The Kier molecular flexibility index (Phi) is 9.60. The zero-order valence-corrected chi connectivity index (χ0v) is 29.7. The van der Waals surface area contributed by atoms with Crippen molar-refractivity contribution in [3.63, 3.8) is 0 Å². The monoisotopic (exact) mass is 684 g/mol. The number of hydrogen-bond acceptors (Lipinski definition) is 7. The summed E-state index contributed by atoms with van der Waals surface area (Å²) in [5, 5.41) is 0.145. The zero-order valence-electron chi connectivity index (χ0n) is 28.1. The van der Waals surface area contributed by atoms with E-state index in [2.05, 4.69) is 4.40 Å². The average molecular weight is 685 g/mol. The molecule has 2 aromatic carbocycles. The summed E-state index contributed by atoms with van der Waals surface area (Å²) >= 11 is 6.81. The molecule has 10 nitrogen and oxygen atoms in total. The number of benzene rings is 2. The first kappa shape index (κ1) is 34.6. The van der Waals surface area contributed by atoms with Crippen molar-refractivity contribution in [2.24, 2.45) is 4.40 Å². The minimum atomic E-state index is -4.42. The molecule has 1 amide bonds. The van der Waals surface area contributed by atoms with Crippen LogP contribution in [0.3, 0.4) is 0 Å². The van der Waals surface area contributed by atoms with Crippen LogP contribution in [0.5, 0.6) is 0 Å². The highest BCUT2D eigenvalue weighted by Crippen LogP contribution is 2.43. The quantitative estimate of drug-likeness (QED) is 0.291. The van der Waals surface area contributed by atoms with Gasteiger partial charge in [-0.15, -0.1) is 4.40 Å². The van der Waals surface area contributed by atoms with Crippen molar-refractivity contribution in [3.8, 4) is 11.3 Å². The van der Waals surface area contributed by atoms with E-state index < -0.39 is 27.7 Å². The van der Waals surface area contributed by atoms with Crippen LogP contribution in [-0.4, -0.2) is 85.4 Å². The maximum atomic E-state index is 15.1. The van der Waals surface area contributed by atoms with Gasteiger partial charge in [0.2, 0.25) is 0 Å². The molecule has 3 heterocycles. The number of amides is 1. The Morgan fingerprint density at radius 2 is 1.81 bits per heavy atom. The number of hydrogen-bond donors (Lipinski definition) is 0. The van der Waals surface area contributed by atoms with Crippen LogP contribution in [0.4, 0.5) is 20.7 Å². The summed E-state index contributed by atoms with van der Waals surface area (Å²) in [7, 11) is -0.477. The normalized spacial score (nSPS) is 18.0. The SMILES string of the molecule is CC(C)c1cc(CN(C)C)ccc1N1c2nc(-c3ccccc3F)c(Cl)cc2C(N2CCN(C(=O)OC(C)(C)C)C[C@@H]2C)=NS1(=O)=O. The van der Waals surface area contributed by atoms with Crippen molar-refractivity contribution < 1.29 is 22.3 Å². The zero-order chi connectivity index (χ0) is 34.4. The second-order valence-corrected chi connectivity index (χ2v) is 15.4. The van der Waals surface area contributed by atoms with Crippen LogP contribution in [0, 0.1) is 5.82 Å². The van der Waals surface area contributed by atoms with Crippen molar-refractivity contribution >= 4 is 45.2 Å². The maximum absolute atomic E-state index is 15.1. The van der Waals surface area contributed by atoms with Gasteiger partial charge in [-0.25, -0.2) is 18.5 Å². The van der Waals surface area contributed by atoms with Crippen molar-refractivity contribution in [2.75, 3.05) is 38.0 Å². The molecule has 0 saturated carbocycles.